The third-order valence-electron chi connectivity index (χ3n) is 7.89. The maximum atomic E-state index is 10.7. The summed E-state index contributed by atoms with van der Waals surface area (Å²) >= 11 is 0. The van der Waals surface area contributed by atoms with Crippen molar-refractivity contribution in [2.24, 2.45) is 5.92 Å². The van der Waals surface area contributed by atoms with Crippen molar-refractivity contribution >= 4 is 22.6 Å². The second kappa shape index (κ2) is 14.8. The Morgan fingerprint density at radius 1 is 0.789 bits per heavy atom. The Morgan fingerprint density at radius 2 is 1.29 bits per heavy atom. The second-order valence-corrected chi connectivity index (χ2v) is 23.5. The van der Waals surface area contributed by atoms with Gasteiger partial charge >= 0.3 is 5.97 Å². The molecule has 1 N–H and O–H groups in total. The number of hydrogen-bond acceptors (Lipinski definition) is 3. The Labute approximate surface area is 237 Å². The zero-order valence-corrected chi connectivity index (χ0v) is 29.2. The van der Waals surface area contributed by atoms with Crippen molar-refractivity contribution in [3.63, 3.8) is 0 Å². The lowest BCUT2D eigenvalue weighted by Gasteiger charge is -2.42. The molecule has 0 spiro atoms. The van der Waals surface area contributed by atoms with E-state index in [4.69, 9.17) is 14.0 Å². The summed E-state index contributed by atoms with van der Waals surface area (Å²) in [5.74, 6) is -0.624. The molecule has 38 heavy (non-hydrogen) atoms. The molecule has 0 radical (unpaired) electrons. The molecule has 3 atom stereocenters. The molecule has 0 aromatic heterocycles. The molecule has 0 amide bonds. The summed E-state index contributed by atoms with van der Waals surface area (Å²) in [5.41, 5.74) is 3.11. The van der Waals surface area contributed by atoms with Gasteiger partial charge in [0.2, 0.25) is 0 Å². The molecule has 0 unspecified atom stereocenters. The van der Waals surface area contributed by atoms with Crippen LogP contribution in [0.4, 0.5) is 0 Å². The molecule has 0 saturated carbocycles. The van der Waals surface area contributed by atoms with Gasteiger partial charge in [-0.1, -0.05) is 102 Å². The third-order valence-corrected chi connectivity index (χ3v) is 17.0. The smallest absolute Gasteiger partial charge is 0.328 e. The number of rotatable bonds is 13. The minimum Gasteiger partial charge on any atom is -0.478 e. The molecule has 0 aromatic carbocycles. The van der Waals surface area contributed by atoms with E-state index >= 15 is 0 Å². The highest BCUT2D eigenvalue weighted by Gasteiger charge is 2.41. The monoisotopic (exact) mass is 562 g/mol. The van der Waals surface area contributed by atoms with Gasteiger partial charge in [0.1, 0.15) is 0 Å². The molecular formula is C32H58O4Si2. The van der Waals surface area contributed by atoms with Crippen molar-refractivity contribution in [3.05, 3.63) is 59.3 Å². The van der Waals surface area contributed by atoms with E-state index < -0.39 is 22.6 Å². The van der Waals surface area contributed by atoms with Gasteiger partial charge in [0.25, 0.3) is 0 Å². The standard InChI is InChI=1S/C32H58O4Si2/c1-24(21-26(3)19-20-30(33)34)17-16-18-25(2)22-29(36-38(14,15)32(9,10)11)27(4)23-28(5)35-37(12,13)31(6,7)8/h16-22,27-29H,23H2,1-15H3,(H,33,34)/b18-16+,20-19+,24-17+,25-22+,26-21+/t27-,28-,29-/m0/s1. The topological polar surface area (TPSA) is 55.8 Å². The minimum atomic E-state index is -1.98. The molecule has 0 aliphatic heterocycles. The Hall–Kier alpha value is -1.48. The third kappa shape index (κ3) is 13.5. The average molecular weight is 563 g/mol. The van der Waals surface area contributed by atoms with Crippen molar-refractivity contribution in [3.8, 4) is 0 Å². The number of carboxylic acids is 1. The zero-order chi connectivity index (χ0) is 30.1. The first-order chi connectivity index (χ1) is 17.0. The van der Waals surface area contributed by atoms with Crippen LogP contribution in [0.15, 0.2) is 59.3 Å². The molecule has 0 heterocycles. The molecule has 0 rings (SSSR count). The van der Waals surface area contributed by atoms with Crippen molar-refractivity contribution in [2.45, 2.75) is 131 Å². The first-order valence-electron chi connectivity index (χ1n) is 14.0. The molecule has 218 valence electrons. The highest BCUT2D eigenvalue weighted by Crippen LogP contribution is 2.40. The predicted molar refractivity (Wildman–Crippen MR) is 171 cm³/mol. The Bertz CT molecular complexity index is 922. The fraction of sp³-hybridized carbons (Fsp3) is 0.656. The van der Waals surface area contributed by atoms with Gasteiger partial charge in [-0.3, -0.25) is 0 Å². The number of carboxylic acid groups (broad SMARTS) is 1. The van der Waals surface area contributed by atoms with Crippen LogP contribution in [0.25, 0.3) is 0 Å². The summed E-state index contributed by atoms with van der Waals surface area (Å²) in [6.45, 7) is 33.5. The van der Waals surface area contributed by atoms with Gasteiger partial charge in [0, 0.05) is 12.2 Å². The molecule has 0 aromatic rings. The van der Waals surface area contributed by atoms with Crippen molar-refractivity contribution in [1.82, 2.24) is 0 Å². The first kappa shape index (κ1) is 36.5. The summed E-state index contributed by atoms with van der Waals surface area (Å²) < 4.78 is 13.7. The number of aliphatic carboxylic acids is 1. The van der Waals surface area contributed by atoms with Crippen molar-refractivity contribution < 1.29 is 18.8 Å². The van der Waals surface area contributed by atoms with Gasteiger partial charge < -0.3 is 14.0 Å². The normalized spacial score (nSPS) is 17.8. The van der Waals surface area contributed by atoms with Crippen LogP contribution in [0.5, 0.6) is 0 Å². The molecule has 0 fully saturated rings. The van der Waals surface area contributed by atoms with Crippen LogP contribution in [0.1, 0.15) is 82.6 Å². The predicted octanol–water partition coefficient (Wildman–Crippen LogP) is 9.85. The molecular weight excluding hydrogens is 505 g/mol. The molecule has 0 bridgehead atoms. The molecule has 0 saturated heterocycles. The van der Waals surface area contributed by atoms with Crippen LogP contribution < -0.4 is 0 Å². The molecule has 6 heteroatoms. The fourth-order valence-electron chi connectivity index (χ4n) is 3.54. The summed E-state index contributed by atoms with van der Waals surface area (Å²) in [4.78, 5) is 10.7. The van der Waals surface area contributed by atoms with Gasteiger partial charge in [-0.05, 0) is 76.3 Å². The maximum Gasteiger partial charge on any atom is 0.328 e. The van der Waals surface area contributed by atoms with E-state index in [2.05, 4.69) is 101 Å². The Balaban J connectivity index is 5.85. The minimum absolute atomic E-state index is 0.0133. The SMILES string of the molecule is CC(=C\C=C\C(C)=C\[C@H](O[Si](C)(C)C(C)(C)C)[C@@H](C)C[C@H](C)O[Si](C)(C)C(C)(C)C)/C=C(C)/C=C/C(=O)O. The summed E-state index contributed by atoms with van der Waals surface area (Å²) in [7, 11) is -3.81. The van der Waals surface area contributed by atoms with E-state index in [1.54, 1.807) is 6.08 Å². The van der Waals surface area contributed by atoms with Crippen molar-refractivity contribution in [1.29, 1.82) is 0 Å². The highest BCUT2D eigenvalue weighted by atomic mass is 28.4. The van der Waals surface area contributed by atoms with Gasteiger partial charge in [-0.2, -0.15) is 0 Å². The van der Waals surface area contributed by atoms with Crippen LogP contribution in [0, 0.1) is 5.92 Å². The Kier molecular flexibility index (Phi) is 14.2. The highest BCUT2D eigenvalue weighted by molar-refractivity contribution is 6.74. The molecule has 4 nitrogen and oxygen atoms in total. The summed E-state index contributed by atoms with van der Waals surface area (Å²) in [5, 5.41) is 9.11. The summed E-state index contributed by atoms with van der Waals surface area (Å²) in [6.07, 6.45) is 14.4. The van der Waals surface area contributed by atoms with E-state index in [-0.39, 0.29) is 22.3 Å². The molecule has 0 aliphatic rings. The van der Waals surface area contributed by atoms with Gasteiger partial charge in [-0.15, -0.1) is 0 Å². The van der Waals surface area contributed by atoms with Crippen LogP contribution in [-0.2, 0) is 13.6 Å². The van der Waals surface area contributed by atoms with E-state index in [1.165, 1.54) is 0 Å². The number of allylic oxidation sites excluding steroid dienone is 8. The first-order valence-corrected chi connectivity index (χ1v) is 19.8. The van der Waals surface area contributed by atoms with Crippen molar-refractivity contribution in [2.75, 3.05) is 0 Å². The zero-order valence-electron chi connectivity index (χ0n) is 27.2. The van der Waals surface area contributed by atoms with E-state index in [9.17, 15) is 4.79 Å². The van der Waals surface area contributed by atoms with Crippen LogP contribution in [-0.4, -0.2) is 39.9 Å². The van der Waals surface area contributed by atoms with Crippen LogP contribution >= 0.6 is 0 Å². The Morgan fingerprint density at radius 3 is 1.76 bits per heavy atom. The summed E-state index contributed by atoms with van der Waals surface area (Å²) in [6, 6.07) is 0. The average Bonchev–Trinajstić information content (AvgIpc) is 2.69. The molecule has 0 aliphatic carbocycles. The van der Waals surface area contributed by atoms with Gasteiger partial charge in [0.05, 0.1) is 6.10 Å². The largest absolute Gasteiger partial charge is 0.478 e. The number of carbonyl (C=O) groups is 1. The van der Waals surface area contributed by atoms with E-state index in [0.717, 1.165) is 29.2 Å². The van der Waals surface area contributed by atoms with E-state index in [0.29, 0.717) is 5.92 Å². The number of hydrogen-bond donors (Lipinski definition) is 1. The maximum absolute atomic E-state index is 10.7. The second-order valence-electron chi connectivity index (χ2n) is 14.0. The van der Waals surface area contributed by atoms with Crippen LogP contribution in [0.2, 0.25) is 36.3 Å². The van der Waals surface area contributed by atoms with Crippen LogP contribution in [0.3, 0.4) is 0 Å². The van der Waals surface area contributed by atoms with Gasteiger partial charge in [-0.25, -0.2) is 4.79 Å². The fourth-order valence-corrected chi connectivity index (χ4v) is 6.33. The van der Waals surface area contributed by atoms with Gasteiger partial charge in [0.15, 0.2) is 16.6 Å². The lowest BCUT2D eigenvalue weighted by molar-refractivity contribution is -0.131. The lowest BCUT2D eigenvalue weighted by atomic mass is 9.96. The van der Waals surface area contributed by atoms with E-state index in [1.807, 2.05) is 32.1 Å². The quantitative estimate of drug-likeness (QED) is 0.138. The lowest BCUT2D eigenvalue weighted by Crippen LogP contribution is -2.46.